The van der Waals surface area contributed by atoms with E-state index in [-0.39, 0.29) is 5.97 Å². The highest BCUT2D eigenvalue weighted by molar-refractivity contribution is 5.76. The molecule has 1 aromatic heterocycles. The normalized spacial score (nSPS) is 12.1. The Morgan fingerprint density at radius 1 is 1.37 bits per heavy atom. The van der Waals surface area contributed by atoms with Crippen LogP contribution in [0.2, 0.25) is 0 Å². The van der Waals surface area contributed by atoms with Crippen LogP contribution in [0.4, 0.5) is 0 Å². The first-order valence-electron chi connectivity index (χ1n) is 6.05. The van der Waals surface area contributed by atoms with Gasteiger partial charge in [-0.2, -0.15) is 5.10 Å². The summed E-state index contributed by atoms with van der Waals surface area (Å²) in [6.45, 7) is 0.589. The van der Waals surface area contributed by atoms with E-state index in [2.05, 4.69) is 10.4 Å². The van der Waals surface area contributed by atoms with E-state index >= 15 is 0 Å². The highest BCUT2D eigenvalue weighted by atomic mass is 16.5. The number of ether oxygens (including phenoxy) is 1. The number of benzene rings is 1. The minimum absolute atomic E-state index is 0.320. The molecule has 0 aliphatic carbocycles. The first-order valence-corrected chi connectivity index (χ1v) is 6.05. The lowest BCUT2D eigenvalue weighted by Crippen LogP contribution is -2.31. The maximum atomic E-state index is 11.9. The van der Waals surface area contributed by atoms with E-state index in [1.54, 1.807) is 24.0 Å². The number of carbonyl (C=O) groups is 1. The molecule has 5 heteroatoms. The average Bonchev–Trinajstić information content (AvgIpc) is 2.86. The first-order chi connectivity index (χ1) is 9.22. The zero-order valence-electron chi connectivity index (χ0n) is 11.0. The number of carbonyl (C=O) groups excluding carboxylic acids is 1. The quantitative estimate of drug-likeness (QED) is 0.825. The van der Waals surface area contributed by atoms with Crippen LogP contribution in [0.5, 0.6) is 0 Å². The zero-order chi connectivity index (χ0) is 13.7. The molecule has 0 bridgehead atoms. The molecular formula is C14H17N3O2. The van der Waals surface area contributed by atoms with E-state index in [1.807, 2.05) is 30.3 Å². The van der Waals surface area contributed by atoms with Gasteiger partial charge in [-0.25, -0.2) is 4.79 Å². The van der Waals surface area contributed by atoms with Crippen LogP contribution >= 0.6 is 0 Å². The lowest BCUT2D eigenvalue weighted by Gasteiger charge is -2.16. The van der Waals surface area contributed by atoms with Crippen molar-refractivity contribution in [2.75, 3.05) is 7.11 Å². The smallest absolute Gasteiger partial charge is 0.329 e. The molecule has 1 N–H and O–H groups in total. The molecule has 2 aromatic rings. The maximum Gasteiger partial charge on any atom is 0.329 e. The van der Waals surface area contributed by atoms with E-state index in [0.29, 0.717) is 6.54 Å². The topological polar surface area (TPSA) is 56.1 Å². The van der Waals surface area contributed by atoms with Crippen LogP contribution in [-0.4, -0.2) is 22.9 Å². The predicted molar refractivity (Wildman–Crippen MR) is 71.2 cm³/mol. The van der Waals surface area contributed by atoms with Crippen molar-refractivity contribution in [1.29, 1.82) is 0 Å². The molecule has 0 saturated heterocycles. The molecular weight excluding hydrogens is 242 g/mol. The predicted octanol–water partition coefficient (Wildman–Crippen LogP) is 1.42. The Morgan fingerprint density at radius 3 is 2.68 bits per heavy atom. The van der Waals surface area contributed by atoms with Gasteiger partial charge < -0.3 is 4.74 Å². The largest absolute Gasteiger partial charge is 0.468 e. The van der Waals surface area contributed by atoms with Gasteiger partial charge in [0.05, 0.1) is 12.8 Å². The lowest BCUT2D eigenvalue weighted by molar-refractivity contribution is -0.143. The Bertz CT molecular complexity index is 537. The molecule has 0 aliphatic heterocycles. The summed E-state index contributed by atoms with van der Waals surface area (Å²) in [5, 5.41) is 7.27. The Hall–Kier alpha value is -2.14. The van der Waals surface area contributed by atoms with Gasteiger partial charge in [0, 0.05) is 19.8 Å². The molecule has 0 radical (unpaired) electrons. The molecule has 0 spiro atoms. The van der Waals surface area contributed by atoms with E-state index in [0.717, 1.165) is 11.3 Å². The van der Waals surface area contributed by atoms with Crippen molar-refractivity contribution in [3.05, 3.63) is 53.9 Å². The summed E-state index contributed by atoms with van der Waals surface area (Å²) in [7, 11) is 3.19. The fourth-order valence-corrected chi connectivity index (χ4v) is 1.91. The fraction of sp³-hybridized carbons (Fsp3) is 0.286. The Kier molecular flexibility index (Phi) is 4.30. The summed E-state index contributed by atoms with van der Waals surface area (Å²) >= 11 is 0. The second-order valence-electron chi connectivity index (χ2n) is 4.20. The summed E-state index contributed by atoms with van der Waals surface area (Å²) in [5.41, 5.74) is 1.89. The van der Waals surface area contributed by atoms with Crippen molar-refractivity contribution in [1.82, 2.24) is 15.1 Å². The average molecular weight is 259 g/mol. The third kappa shape index (κ3) is 3.20. The van der Waals surface area contributed by atoms with E-state index in [1.165, 1.54) is 7.11 Å². The van der Waals surface area contributed by atoms with Gasteiger partial charge in [0.1, 0.15) is 6.04 Å². The molecule has 2 rings (SSSR count). The van der Waals surface area contributed by atoms with Crippen LogP contribution in [0, 0.1) is 0 Å². The second-order valence-corrected chi connectivity index (χ2v) is 4.20. The summed E-state index contributed by atoms with van der Waals surface area (Å²) in [6.07, 6.45) is 1.66. The van der Waals surface area contributed by atoms with Crippen LogP contribution in [0.25, 0.3) is 0 Å². The third-order valence-electron chi connectivity index (χ3n) is 2.94. The Balaban J connectivity index is 2.11. The number of aryl methyl sites for hydroxylation is 1. The molecule has 5 nitrogen and oxygen atoms in total. The van der Waals surface area contributed by atoms with Crippen LogP contribution in [0.3, 0.4) is 0 Å². The molecule has 0 fully saturated rings. The summed E-state index contributed by atoms with van der Waals surface area (Å²) in [5.74, 6) is -0.320. The standard InChI is InChI=1S/C14H17N3O2/c1-17-12(8-9-16-17)13(14(18)19-2)15-10-11-6-4-3-5-7-11/h3-9,13,15H,10H2,1-2H3. The van der Waals surface area contributed by atoms with Crippen molar-refractivity contribution >= 4 is 5.97 Å². The van der Waals surface area contributed by atoms with Gasteiger partial charge in [0.2, 0.25) is 0 Å². The number of nitrogens with zero attached hydrogens (tertiary/aromatic N) is 2. The van der Waals surface area contributed by atoms with Gasteiger partial charge in [-0.05, 0) is 11.6 Å². The number of nitrogens with one attached hydrogen (secondary N) is 1. The van der Waals surface area contributed by atoms with Gasteiger partial charge in [-0.1, -0.05) is 30.3 Å². The minimum atomic E-state index is -0.516. The minimum Gasteiger partial charge on any atom is -0.468 e. The fourth-order valence-electron chi connectivity index (χ4n) is 1.91. The van der Waals surface area contributed by atoms with Gasteiger partial charge in [0.15, 0.2) is 0 Å². The number of methoxy groups -OCH3 is 1. The van der Waals surface area contributed by atoms with Crippen LogP contribution in [0.15, 0.2) is 42.6 Å². The van der Waals surface area contributed by atoms with Crippen molar-refractivity contribution in [3.8, 4) is 0 Å². The highest BCUT2D eigenvalue weighted by Gasteiger charge is 2.23. The number of rotatable bonds is 5. The van der Waals surface area contributed by atoms with Crippen molar-refractivity contribution in [2.24, 2.45) is 7.05 Å². The molecule has 0 saturated carbocycles. The molecule has 1 atom stereocenters. The second kappa shape index (κ2) is 6.15. The number of esters is 1. The SMILES string of the molecule is COC(=O)C(NCc1ccccc1)c1ccnn1C. The number of hydrogen-bond acceptors (Lipinski definition) is 4. The van der Waals surface area contributed by atoms with E-state index in [9.17, 15) is 4.79 Å². The summed E-state index contributed by atoms with van der Waals surface area (Å²) < 4.78 is 6.50. The van der Waals surface area contributed by atoms with Gasteiger partial charge in [-0.3, -0.25) is 10.00 Å². The molecule has 19 heavy (non-hydrogen) atoms. The third-order valence-corrected chi connectivity index (χ3v) is 2.94. The van der Waals surface area contributed by atoms with Crippen molar-refractivity contribution in [2.45, 2.75) is 12.6 Å². The first kappa shape index (κ1) is 13.3. The Labute approximate surface area is 112 Å². The molecule has 0 amide bonds. The molecule has 1 aromatic carbocycles. The van der Waals surface area contributed by atoms with Crippen LogP contribution in [0.1, 0.15) is 17.3 Å². The number of aromatic nitrogens is 2. The van der Waals surface area contributed by atoms with E-state index in [4.69, 9.17) is 4.74 Å². The molecule has 100 valence electrons. The molecule has 1 unspecified atom stereocenters. The van der Waals surface area contributed by atoms with Gasteiger partial charge >= 0.3 is 5.97 Å². The molecule has 0 aliphatic rings. The lowest BCUT2D eigenvalue weighted by atomic mass is 10.1. The summed E-state index contributed by atoms with van der Waals surface area (Å²) in [4.78, 5) is 11.9. The van der Waals surface area contributed by atoms with E-state index < -0.39 is 6.04 Å². The Morgan fingerprint density at radius 2 is 2.11 bits per heavy atom. The van der Waals surface area contributed by atoms with Gasteiger partial charge in [0.25, 0.3) is 0 Å². The highest BCUT2D eigenvalue weighted by Crippen LogP contribution is 2.14. The zero-order valence-corrected chi connectivity index (χ0v) is 11.0. The number of hydrogen-bond donors (Lipinski definition) is 1. The summed E-state index contributed by atoms with van der Waals surface area (Å²) in [6, 6.07) is 11.2. The van der Waals surface area contributed by atoms with Crippen molar-refractivity contribution in [3.63, 3.8) is 0 Å². The van der Waals surface area contributed by atoms with Crippen molar-refractivity contribution < 1.29 is 9.53 Å². The van der Waals surface area contributed by atoms with Crippen LogP contribution in [-0.2, 0) is 23.1 Å². The van der Waals surface area contributed by atoms with Gasteiger partial charge in [-0.15, -0.1) is 0 Å². The molecule has 1 heterocycles. The maximum absolute atomic E-state index is 11.9. The van der Waals surface area contributed by atoms with Crippen LogP contribution < -0.4 is 5.32 Å². The monoisotopic (exact) mass is 259 g/mol.